The molecule has 0 radical (unpaired) electrons. The van der Waals surface area contributed by atoms with E-state index in [9.17, 15) is 4.79 Å². The van der Waals surface area contributed by atoms with E-state index in [1.54, 1.807) is 0 Å². The highest BCUT2D eigenvalue weighted by molar-refractivity contribution is 5.92. The highest BCUT2D eigenvalue weighted by Gasteiger charge is 2.06. The highest BCUT2D eigenvalue weighted by atomic mass is 16.5. The number of nitrogens with one attached hydrogen (secondary N) is 1. The number of anilines is 1. The number of carbonyl (C=O) groups is 1. The van der Waals surface area contributed by atoms with Crippen molar-refractivity contribution in [1.82, 2.24) is 0 Å². The van der Waals surface area contributed by atoms with Gasteiger partial charge in [-0.2, -0.15) is 0 Å². The Hall–Kier alpha value is -1.39. The van der Waals surface area contributed by atoms with Gasteiger partial charge >= 0.3 is 0 Å². The minimum Gasteiger partial charge on any atom is -0.377 e. The third kappa shape index (κ3) is 4.97. The van der Waals surface area contributed by atoms with Crippen LogP contribution in [0.15, 0.2) is 24.3 Å². The third-order valence-corrected chi connectivity index (χ3v) is 2.19. The van der Waals surface area contributed by atoms with Crippen LogP contribution in [0.2, 0.25) is 0 Å². The number of hydrogen-bond acceptors (Lipinski definition) is 3. The van der Waals surface area contributed by atoms with E-state index in [2.05, 4.69) is 5.32 Å². The van der Waals surface area contributed by atoms with Crippen LogP contribution in [0.4, 0.5) is 5.69 Å². The van der Waals surface area contributed by atoms with Crippen LogP contribution in [0.5, 0.6) is 0 Å². The Labute approximate surface area is 102 Å². The summed E-state index contributed by atoms with van der Waals surface area (Å²) in [4.78, 5) is 11.5. The van der Waals surface area contributed by atoms with Crippen molar-refractivity contribution < 1.29 is 14.3 Å². The lowest BCUT2D eigenvalue weighted by Crippen LogP contribution is -2.19. The molecule has 0 spiro atoms. The van der Waals surface area contributed by atoms with E-state index in [1.807, 2.05) is 38.1 Å². The van der Waals surface area contributed by atoms with Gasteiger partial charge in [0.2, 0.25) is 5.91 Å². The van der Waals surface area contributed by atoms with Crippen molar-refractivity contribution in [2.45, 2.75) is 20.5 Å². The monoisotopic (exact) mass is 237 g/mol. The van der Waals surface area contributed by atoms with Gasteiger partial charge in [0.05, 0.1) is 6.61 Å². The summed E-state index contributed by atoms with van der Waals surface area (Å²) in [6, 6.07) is 7.60. The number of rotatable bonds is 7. The Morgan fingerprint density at radius 3 is 2.59 bits per heavy atom. The largest absolute Gasteiger partial charge is 0.377 e. The minimum absolute atomic E-state index is 0.0828. The lowest BCUT2D eigenvalue weighted by Gasteiger charge is -2.10. The van der Waals surface area contributed by atoms with Crippen molar-refractivity contribution in [3.05, 3.63) is 29.8 Å². The molecular weight excluding hydrogens is 218 g/mol. The fourth-order valence-electron chi connectivity index (χ4n) is 1.36. The first kappa shape index (κ1) is 13.7. The fourth-order valence-corrected chi connectivity index (χ4v) is 1.36. The van der Waals surface area contributed by atoms with Crippen LogP contribution in [-0.2, 0) is 20.9 Å². The molecule has 0 fully saturated rings. The van der Waals surface area contributed by atoms with Gasteiger partial charge in [-0.1, -0.05) is 18.2 Å². The van der Waals surface area contributed by atoms with E-state index in [1.165, 1.54) is 0 Å². The van der Waals surface area contributed by atoms with Crippen molar-refractivity contribution in [1.29, 1.82) is 0 Å². The van der Waals surface area contributed by atoms with E-state index in [0.717, 1.165) is 11.3 Å². The molecule has 0 atom stereocenters. The summed E-state index contributed by atoms with van der Waals surface area (Å²) >= 11 is 0. The molecule has 4 nitrogen and oxygen atoms in total. The van der Waals surface area contributed by atoms with Gasteiger partial charge in [0.15, 0.2) is 0 Å². The van der Waals surface area contributed by atoms with Crippen LogP contribution >= 0.6 is 0 Å². The van der Waals surface area contributed by atoms with Gasteiger partial charge in [0.25, 0.3) is 0 Å². The lowest BCUT2D eigenvalue weighted by atomic mass is 10.2. The predicted molar refractivity (Wildman–Crippen MR) is 66.9 cm³/mol. The average molecular weight is 237 g/mol. The summed E-state index contributed by atoms with van der Waals surface area (Å²) in [7, 11) is 0. The lowest BCUT2D eigenvalue weighted by molar-refractivity contribution is -0.120. The molecule has 0 unspecified atom stereocenters. The topological polar surface area (TPSA) is 47.6 Å². The summed E-state index contributed by atoms with van der Waals surface area (Å²) in [5.41, 5.74) is 1.75. The summed E-state index contributed by atoms with van der Waals surface area (Å²) in [6.07, 6.45) is 0. The number of amides is 1. The maximum Gasteiger partial charge on any atom is 0.250 e. The smallest absolute Gasteiger partial charge is 0.250 e. The standard InChI is InChI=1S/C13H19NO3/c1-3-16-9-11-7-5-6-8-12(11)14-13(15)10-17-4-2/h5-8H,3-4,9-10H2,1-2H3,(H,14,15). The molecule has 0 aliphatic carbocycles. The number of ether oxygens (including phenoxy) is 2. The third-order valence-electron chi connectivity index (χ3n) is 2.19. The van der Waals surface area contributed by atoms with Crippen molar-refractivity contribution >= 4 is 11.6 Å². The SMILES string of the molecule is CCOCC(=O)Nc1ccccc1COCC. The molecule has 0 heterocycles. The molecule has 1 amide bonds. The van der Waals surface area contributed by atoms with Crippen LogP contribution in [0.1, 0.15) is 19.4 Å². The second-order valence-electron chi connectivity index (χ2n) is 3.48. The zero-order chi connectivity index (χ0) is 12.5. The number of hydrogen-bond donors (Lipinski definition) is 1. The Morgan fingerprint density at radius 1 is 1.18 bits per heavy atom. The number of para-hydroxylation sites is 1. The van der Waals surface area contributed by atoms with Crippen LogP contribution in [0, 0.1) is 0 Å². The molecular formula is C13H19NO3. The fraction of sp³-hybridized carbons (Fsp3) is 0.462. The van der Waals surface area contributed by atoms with E-state index in [0.29, 0.717) is 19.8 Å². The summed E-state index contributed by atoms with van der Waals surface area (Å²) in [6.45, 7) is 5.57. The van der Waals surface area contributed by atoms with Gasteiger partial charge in [-0.25, -0.2) is 0 Å². The maximum atomic E-state index is 11.5. The summed E-state index contributed by atoms with van der Waals surface area (Å²) in [5, 5.41) is 2.81. The molecule has 4 heteroatoms. The minimum atomic E-state index is -0.143. The molecule has 0 aliphatic rings. The highest BCUT2D eigenvalue weighted by Crippen LogP contribution is 2.15. The first-order valence-corrected chi connectivity index (χ1v) is 5.81. The van der Waals surface area contributed by atoms with Crippen LogP contribution in [0.3, 0.4) is 0 Å². The van der Waals surface area contributed by atoms with E-state index >= 15 is 0 Å². The Bertz CT molecular complexity index is 352. The van der Waals surface area contributed by atoms with Crippen molar-refractivity contribution in [3.63, 3.8) is 0 Å². The molecule has 0 bridgehead atoms. The van der Waals surface area contributed by atoms with Gasteiger partial charge in [-0.3, -0.25) is 4.79 Å². The molecule has 94 valence electrons. The van der Waals surface area contributed by atoms with E-state index < -0.39 is 0 Å². The molecule has 17 heavy (non-hydrogen) atoms. The second kappa shape index (κ2) is 7.81. The zero-order valence-electron chi connectivity index (χ0n) is 10.4. The molecule has 1 N–H and O–H groups in total. The second-order valence-corrected chi connectivity index (χ2v) is 3.48. The zero-order valence-corrected chi connectivity index (χ0v) is 10.4. The van der Waals surface area contributed by atoms with Gasteiger partial charge in [0, 0.05) is 24.5 Å². The van der Waals surface area contributed by atoms with Crippen LogP contribution in [0.25, 0.3) is 0 Å². The first-order valence-electron chi connectivity index (χ1n) is 5.81. The normalized spacial score (nSPS) is 10.2. The Morgan fingerprint density at radius 2 is 1.88 bits per heavy atom. The van der Waals surface area contributed by atoms with Gasteiger partial charge < -0.3 is 14.8 Å². The molecule has 0 saturated heterocycles. The quantitative estimate of drug-likeness (QED) is 0.790. The van der Waals surface area contributed by atoms with Crippen LogP contribution < -0.4 is 5.32 Å². The Balaban J connectivity index is 2.59. The Kier molecular flexibility index (Phi) is 6.29. The molecule has 1 aromatic rings. The van der Waals surface area contributed by atoms with Gasteiger partial charge in [0.1, 0.15) is 6.61 Å². The van der Waals surface area contributed by atoms with Crippen molar-refractivity contribution in [2.24, 2.45) is 0 Å². The average Bonchev–Trinajstić information content (AvgIpc) is 2.35. The van der Waals surface area contributed by atoms with Crippen molar-refractivity contribution in [2.75, 3.05) is 25.1 Å². The van der Waals surface area contributed by atoms with Crippen LogP contribution in [-0.4, -0.2) is 25.7 Å². The number of benzene rings is 1. The molecule has 1 aromatic carbocycles. The summed E-state index contributed by atoms with van der Waals surface area (Å²) < 4.78 is 10.4. The number of carbonyl (C=O) groups excluding carboxylic acids is 1. The van der Waals surface area contributed by atoms with Gasteiger partial charge in [-0.15, -0.1) is 0 Å². The molecule has 1 rings (SSSR count). The van der Waals surface area contributed by atoms with Crippen molar-refractivity contribution in [3.8, 4) is 0 Å². The first-order chi connectivity index (χ1) is 8.27. The van der Waals surface area contributed by atoms with E-state index in [4.69, 9.17) is 9.47 Å². The molecule has 0 aliphatic heterocycles. The molecule has 0 saturated carbocycles. The summed E-state index contributed by atoms with van der Waals surface area (Å²) in [5.74, 6) is -0.143. The van der Waals surface area contributed by atoms with E-state index in [-0.39, 0.29) is 12.5 Å². The molecule has 0 aromatic heterocycles. The van der Waals surface area contributed by atoms with Gasteiger partial charge in [-0.05, 0) is 19.9 Å². The predicted octanol–water partition coefficient (Wildman–Crippen LogP) is 2.20. The maximum absolute atomic E-state index is 11.5.